The van der Waals surface area contributed by atoms with Gasteiger partial charge in [0.25, 0.3) is 0 Å². The van der Waals surface area contributed by atoms with Crippen molar-refractivity contribution >= 4 is 40.8 Å². The van der Waals surface area contributed by atoms with Gasteiger partial charge in [0.15, 0.2) is 0 Å². The summed E-state index contributed by atoms with van der Waals surface area (Å²) in [6, 6.07) is 4.80. The summed E-state index contributed by atoms with van der Waals surface area (Å²) in [7, 11) is 2.43. The number of hydrogen-bond acceptors (Lipinski definition) is 7. The minimum Gasteiger partial charge on any atom is -0.466 e. The second kappa shape index (κ2) is 8.68. The number of carbonyl (C=O) groups excluding carboxylic acids is 3. The first-order valence-corrected chi connectivity index (χ1v) is 8.15. The Hall–Kier alpha value is -2.58. The Labute approximate surface area is 155 Å². The molecule has 26 heavy (non-hydrogen) atoms. The predicted molar refractivity (Wildman–Crippen MR) is 94.7 cm³/mol. The number of ether oxygens (including phenoxy) is 3. The molecule has 0 spiro atoms. The zero-order valence-corrected chi connectivity index (χ0v) is 15.4. The fraction of sp³-hybridized carbons (Fsp3) is 0.353. The molecule has 1 heterocycles. The Morgan fingerprint density at radius 3 is 2.50 bits per heavy atom. The highest BCUT2D eigenvalue weighted by atomic mass is 35.5. The number of anilines is 2. The highest BCUT2D eigenvalue weighted by Gasteiger charge is 2.32. The number of hydrogen-bond donors (Lipinski definition) is 1. The van der Waals surface area contributed by atoms with Crippen molar-refractivity contribution in [2.45, 2.75) is 13.3 Å². The van der Waals surface area contributed by atoms with Gasteiger partial charge in [-0.25, -0.2) is 9.59 Å². The Kier molecular flexibility index (Phi) is 6.59. The average molecular weight is 383 g/mol. The van der Waals surface area contributed by atoms with Gasteiger partial charge in [-0.3, -0.25) is 4.79 Å². The van der Waals surface area contributed by atoms with Crippen molar-refractivity contribution in [3.63, 3.8) is 0 Å². The lowest BCUT2D eigenvalue weighted by atomic mass is 10.1. The second-order valence-electron chi connectivity index (χ2n) is 5.28. The minimum atomic E-state index is -0.701. The van der Waals surface area contributed by atoms with E-state index in [-0.39, 0.29) is 35.5 Å². The van der Waals surface area contributed by atoms with Gasteiger partial charge in [-0.2, -0.15) is 0 Å². The summed E-state index contributed by atoms with van der Waals surface area (Å²) < 4.78 is 14.9. The fourth-order valence-corrected chi connectivity index (χ4v) is 2.58. The normalized spacial score (nSPS) is 14.1. The number of benzene rings is 1. The molecular formula is C17H19ClN2O6. The Balaban J connectivity index is 2.45. The lowest BCUT2D eigenvalue weighted by Crippen LogP contribution is -2.38. The highest BCUT2D eigenvalue weighted by molar-refractivity contribution is 6.34. The van der Waals surface area contributed by atoms with Crippen LogP contribution in [0.1, 0.15) is 13.3 Å². The van der Waals surface area contributed by atoms with E-state index in [2.05, 4.69) is 5.32 Å². The van der Waals surface area contributed by atoms with Crippen LogP contribution in [0.15, 0.2) is 29.5 Å². The van der Waals surface area contributed by atoms with Gasteiger partial charge in [-0.05, 0) is 18.2 Å². The number of nitrogens with one attached hydrogen (secondary N) is 1. The molecule has 1 aromatic rings. The number of halogens is 1. The molecule has 0 atom stereocenters. The highest BCUT2D eigenvalue weighted by Crippen LogP contribution is 2.32. The van der Waals surface area contributed by atoms with E-state index in [0.717, 1.165) is 0 Å². The number of amides is 1. The second-order valence-corrected chi connectivity index (χ2v) is 5.69. The van der Waals surface area contributed by atoms with E-state index < -0.39 is 11.9 Å². The predicted octanol–water partition coefficient (Wildman–Crippen LogP) is 2.08. The first kappa shape index (κ1) is 19.7. The minimum absolute atomic E-state index is 0.0158. The van der Waals surface area contributed by atoms with E-state index in [1.807, 2.05) is 0 Å². The third-order valence-corrected chi connectivity index (χ3v) is 4.01. The Morgan fingerprint density at radius 1 is 1.23 bits per heavy atom. The molecule has 0 saturated heterocycles. The van der Waals surface area contributed by atoms with Crippen molar-refractivity contribution < 1.29 is 28.6 Å². The molecule has 0 aromatic heterocycles. The van der Waals surface area contributed by atoms with Crippen LogP contribution in [0.5, 0.6) is 0 Å². The van der Waals surface area contributed by atoms with E-state index in [1.165, 1.54) is 19.1 Å². The molecule has 0 aliphatic carbocycles. The molecule has 1 aliphatic rings. The van der Waals surface area contributed by atoms with E-state index in [1.54, 1.807) is 25.1 Å². The number of nitrogens with zero attached hydrogens (tertiary/aromatic N) is 1. The molecule has 0 bridgehead atoms. The van der Waals surface area contributed by atoms with E-state index in [9.17, 15) is 14.4 Å². The lowest BCUT2D eigenvalue weighted by molar-refractivity contribution is -0.140. The van der Waals surface area contributed by atoms with Gasteiger partial charge in [-0.15, -0.1) is 0 Å². The molecule has 0 radical (unpaired) electrons. The maximum atomic E-state index is 12.2. The van der Waals surface area contributed by atoms with Crippen molar-refractivity contribution in [2.24, 2.45) is 0 Å². The van der Waals surface area contributed by atoms with Crippen LogP contribution in [0, 0.1) is 0 Å². The summed E-state index contributed by atoms with van der Waals surface area (Å²) in [4.78, 5) is 37.2. The third kappa shape index (κ3) is 4.14. The van der Waals surface area contributed by atoms with Crippen molar-refractivity contribution in [2.75, 3.05) is 37.8 Å². The molecule has 1 N–H and O–H groups in total. The molecule has 140 valence electrons. The molecule has 9 heteroatoms. The third-order valence-electron chi connectivity index (χ3n) is 3.69. The van der Waals surface area contributed by atoms with Crippen molar-refractivity contribution in [3.05, 3.63) is 34.5 Å². The molecule has 0 saturated carbocycles. The zero-order chi connectivity index (χ0) is 19.3. The van der Waals surface area contributed by atoms with Crippen LogP contribution in [0.2, 0.25) is 5.02 Å². The first-order valence-electron chi connectivity index (χ1n) is 7.77. The molecular weight excluding hydrogens is 364 g/mol. The van der Waals surface area contributed by atoms with Crippen LogP contribution >= 0.6 is 11.6 Å². The van der Waals surface area contributed by atoms with Gasteiger partial charge < -0.3 is 24.4 Å². The van der Waals surface area contributed by atoms with Crippen molar-refractivity contribution in [1.29, 1.82) is 0 Å². The molecule has 1 aliphatic heterocycles. The Bertz CT molecular complexity index is 762. The van der Waals surface area contributed by atoms with Gasteiger partial charge in [0.1, 0.15) is 12.4 Å². The van der Waals surface area contributed by atoms with Crippen LogP contribution in [-0.2, 0) is 28.6 Å². The van der Waals surface area contributed by atoms with Gasteiger partial charge in [0.05, 0.1) is 37.1 Å². The van der Waals surface area contributed by atoms with Crippen molar-refractivity contribution in [1.82, 2.24) is 0 Å². The van der Waals surface area contributed by atoms with Gasteiger partial charge >= 0.3 is 11.9 Å². The quantitative estimate of drug-likeness (QED) is 0.779. The van der Waals surface area contributed by atoms with E-state index in [4.69, 9.17) is 25.8 Å². The average Bonchev–Trinajstić information content (AvgIpc) is 2.67. The van der Waals surface area contributed by atoms with Gasteiger partial charge in [0, 0.05) is 12.1 Å². The van der Waals surface area contributed by atoms with Crippen LogP contribution in [-0.4, -0.2) is 45.4 Å². The fourth-order valence-electron chi connectivity index (χ4n) is 2.36. The molecule has 8 nitrogen and oxygen atoms in total. The van der Waals surface area contributed by atoms with Crippen LogP contribution < -0.4 is 10.2 Å². The van der Waals surface area contributed by atoms with Crippen LogP contribution in [0.25, 0.3) is 0 Å². The first-order chi connectivity index (χ1) is 12.4. The maximum Gasteiger partial charge on any atom is 0.355 e. The molecule has 1 aromatic carbocycles. The monoisotopic (exact) mass is 382 g/mol. The number of rotatable bonds is 5. The van der Waals surface area contributed by atoms with Gasteiger partial charge in [-0.1, -0.05) is 18.5 Å². The maximum absolute atomic E-state index is 12.2. The van der Waals surface area contributed by atoms with Crippen LogP contribution in [0.3, 0.4) is 0 Å². The van der Waals surface area contributed by atoms with Gasteiger partial charge in [0.2, 0.25) is 5.91 Å². The topological polar surface area (TPSA) is 94.2 Å². The molecule has 0 fully saturated rings. The SMILES string of the molecule is CCC(=O)Nc1ccc(N2COCC(C(=O)OC)=C2C(=O)OC)cc1Cl. The smallest absolute Gasteiger partial charge is 0.355 e. The molecule has 2 rings (SSSR count). The summed E-state index contributed by atoms with van der Waals surface area (Å²) >= 11 is 6.23. The lowest BCUT2D eigenvalue weighted by Gasteiger charge is -2.31. The summed E-state index contributed by atoms with van der Waals surface area (Å²) in [6.45, 7) is 1.67. The number of esters is 2. The largest absolute Gasteiger partial charge is 0.466 e. The standard InChI is InChI=1S/C17H19ClN2O6/c1-4-14(21)19-13-6-5-10(7-12(13)18)20-9-26-8-11(16(22)24-2)15(20)17(23)25-3/h5-7H,4,8-9H2,1-3H3,(H,19,21). The summed E-state index contributed by atoms with van der Waals surface area (Å²) in [5, 5.41) is 2.95. The summed E-state index contributed by atoms with van der Waals surface area (Å²) in [5.74, 6) is -1.56. The Morgan fingerprint density at radius 2 is 1.92 bits per heavy atom. The van der Waals surface area contributed by atoms with Crippen LogP contribution in [0.4, 0.5) is 11.4 Å². The summed E-state index contributed by atoms with van der Waals surface area (Å²) in [6.07, 6.45) is 0.315. The van der Waals surface area contributed by atoms with E-state index >= 15 is 0 Å². The molecule has 0 unspecified atom stereocenters. The van der Waals surface area contributed by atoms with Crippen molar-refractivity contribution in [3.8, 4) is 0 Å². The van der Waals surface area contributed by atoms with E-state index in [0.29, 0.717) is 17.8 Å². The zero-order valence-electron chi connectivity index (χ0n) is 14.6. The number of carbonyl (C=O) groups is 3. The molecule has 1 amide bonds. The summed E-state index contributed by atoms with van der Waals surface area (Å²) in [5.41, 5.74) is 1.00. The number of methoxy groups -OCH3 is 2.